The molecule has 1 amide bonds. The second-order valence-corrected chi connectivity index (χ2v) is 3.27. The molecule has 3 nitrogen and oxygen atoms in total. The van der Waals surface area contributed by atoms with Gasteiger partial charge >= 0.3 is 0 Å². The van der Waals surface area contributed by atoms with Gasteiger partial charge in [-0.25, -0.2) is 9.40 Å². The molecular formula is C10H13FN2O. The van der Waals surface area contributed by atoms with Gasteiger partial charge in [0.25, 0.3) is 5.91 Å². The van der Waals surface area contributed by atoms with E-state index in [0.717, 1.165) is 0 Å². The molecule has 0 aliphatic rings. The molecule has 0 spiro atoms. The van der Waals surface area contributed by atoms with E-state index < -0.39 is 11.7 Å². The van der Waals surface area contributed by atoms with Gasteiger partial charge in [-0.1, -0.05) is 12.1 Å². The van der Waals surface area contributed by atoms with Crippen molar-refractivity contribution in [1.82, 2.24) is 10.4 Å². The highest BCUT2D eigenvalue weighted by Gasteiger charge is 2.12. The summed E-state index contributed by atoms with van der Waals surface area (Å²) in [5.74, 6) is -0.900. The largest absolute Gasteiger partial charge is 0.285 e. The number of nitrogens with one attached hydrogen (secondary N) is 1. The number of benzene rings is 1. The molecule has 1 aromatic carbocycles. The van der Waals surface area contributed by atoms with Crippen molar-refractivity contribution in [2.75, 3.05) is 14.1 Å². The smallest absolute Gasteiger partial charge is 0.268 e. The molecule has 76 valence electrons. The van der Waals surface area contributed by atoms with Gasteiger partial charge in [-0.15, -0.1) is 0 Å². The Morgan fingerprint density at radius 2 is 2.07 bits per heavy atom. The first-order chi connectivity index (χ1) is 6.52. The maximum atomic E-state index is 13.4. The molecule has 0 saturated carbocycles. The molecule has 0 aliphatic carbocycles. The van der Waals surface area contributed by atoms with Gasteiger partial charge in [0.1, 0.15) is 5.82 Å². The van der Waals surface area contributed by atoms with Crippen LogP contribution in [0.2, 0.25) is 0 Å². The van der Waals surface area contributed by atoms with Crippen LogP contribution < -0.4 is 5.43 Å². The number of aryl methyl sites for hydroxylation is 1. The normalized spacial score (nSPS) is 10.4. The highest BCUT2D eigenvalue weighted by molar-refractivity contribution is 5.94. The summed E-state index contributed by atoms with van der Waals surface area (Å²) in [6, 6.07) is 4.74. The third-order valence-electron chi connectivity index (χ3n) is 1.76. The number of hydrogen-bond donors (Lipinski definition) is 1. The number of nitrogens with zero attached hydrogens (tertiary/aromatic N) is 1. The monoisotopic (exact) mass is 196 g/mol. The van der Waals surface area contributed by atoms with E-state index >= 15 is 0 Å². The number of halogens is 1. The maximum absolute atomic E-state index is 13.4. The number of carbonyl (C=O) groups excluding carboxylic acids is 1. The van der Waals surface area contributed by atoms with Crippen LogP contribution in [0.1, 0.15) is 15.9 Å². The van der Waals surface area contributed by atoms with Gasteiger partial charge in [-0.05, 0) is 18.6 Å². The summed E-state index contributed by atoms with van der Waals surface area (Å²) in [6.45, 7) is 1.63. The van der Waals surface area contributed by atoms with E-state index in [1.54, 1.807) is 33.2 Å². The fourth-order valence-corrected chi connectivity index (χ4v) is 1.09. The Labute approximate surface area is 82.5 Å². The van der Waals surface area contributed by atoms with Crippen LogP contribution in [-0.4, -0.2) is 25.0 Å². The third kappa shape index (κ3) is 2.29. The lowest BCUT2D eigenvalue weighted by Gasteiger charge is -2.12. The summed E-state index contributed by atoms with van der Waals surface area (Å²) in [4.78, 5) is 11.4. The van der Waals surface area contributed by atoms with Crippen LogP contribution in [0.5, 0.6) is 0 Å². The minimum atomic E-state index is -0.466. The zero-order chi connectivity index (χ0) is 10.7. The average molecular weight is 196 g/mol. The molecule has 0 fully saturated rings. The van der Waals surface area contributed by atoms with Crippen LogP contribution in [-0.2, 0) is 0 Å². The van der Waals surface area contributed by atoms with Crippen LogP contribution in [0, 0.1) is 12.7 Å². The van der Waals surface area contributed by atoms with Gasteiger partial charge in [0.15, 0.2) is 0 Å². The van der Waals surface area contributed by atoms with Gasteiger partial charge < -0.3 is 0 Å². The van der Waals surface area contributed by atoms with Crippen LogP contribution in [0.4, 0.5) is 4.39 Å². The van der Waals surface area contributed by atoms with E-state index in [0.29, 0.717) is 5.56 Å². The van der Waals surface area contributed by atoms with E-state index in [1.807, 2.05) is 0 Å². The van der Waals surface area contributed by atoms with E-state index in [9.17, 15) is 9.18 Å². The van der Waals surface area contributed by atoms with E-state index in [4.69, 9.17) is 0 Å². The van der Waals surface area contributed by atoms with Crippen molar-refractivity contribution in [1.29, 1.82) is 0 Å². The van der Waals surface area contributed by atoms with Crippen molar-refractivity contribution < 1.29 is 9.18 Å². The standard InChI is InChI=1S/C10H13FN2O/c1-7-5-4-6-8(9(7)11)10(14)12-13(2)3/h4-6H,1-3H3,(H,12,14). The first-order valence-electron chi connectivity index (χ1n) is 4.26. The summed E-state index contributed by atoms with van der Waals surface area (Å²) in [5.41, 5.74) is 3.02. The second-order valence-electron chi connectivity index (χ2n) is 3.27. The van der Waals surface area contributed by atoms with E-state index in [1.165, 1.54) is 11.1 Å². The molecule has 0 unspecified atom stereocenters. The second kappa shape index (κ2) is 4.19. The fraction of sp³-hybridized carbons (Fsp3) is 0.300. The molecule has 1 aromatic rings. The Bertz CT molecular complexity index is 350. The highest BCUT2D eigenvalue weighted by atomic mass is 19.1. The highest BCUT2D eigenvalue weighted by Crippen LogP contribution is 2.11. The Balaban J connectivity index is 2.96. The van der Waals surface area contributed by atoms with Crippen LogP contribution in [0.25, 0.3) is 0 Å². The average Bonchev–Trinajstić information content (AvgIpc) is 2.08. The molecule has 0 heterocycles. The molecule has 1 N–H and O–H groups in total. The van der Waals surface area contributed by atoms with Crippen LogP contribution in [0.15, 0.2) is 18.2 Å². The summed E-state index contributed by atoms with van der Waals surface area (Å²) in [5, 5.41) is 1.48. The molecule has 0 aliphatic heterocycles. The number of hydrazine groups is 1. The molecule has 1 rings (SSSR count). The van der Waals surface area contributed by atoms with Crippen molar-refractivity contribution in [3.05, 3.63) is 35.1 Å². The first-order valence-corrected chi connectivity index (χ1v) is 4.26. The zero-order valence-corrected chi connectivity index (χ0v) is 8.47. The lowest BCUT2D eigenvalue weighted by molar-refractivity contribution is 0.0852. The molecular weight excluding hydrogens is 183 g/mol. The fourth-order valence-electron chi connectivity index (χ4n) is 1.09. The van der Waals surface area contributed by atoms with Gasteiger partial charge in [0, 0.05) is 14.1 Å². The summed E-state index contributed by atoms with van der Waals surface area (Å²) >= 11 is 0. The van der Waals surface area contributed by atoms with Crippen molar-refractivity contribution in [2.45, 2.75) is 6.92 Å². The lowest BCUT2D eigenvalue weighted by atomic mass is 10.1. The number of hydrogen-bond acceptors (Lipinski definition) is 2. The summed E-state index contributed by atoms with van der Waals surface area (Å²) in [6.07, 6.45) is 0. The first kappa shape index (κ1) is 10.7. The quantitative estimate of drug-likeness (QED) is 0.724. The van der Waals surface area contributed by atoms with Crippen LogP contribution >= 0.6 is 0 Å². The molecule has 0 saturated heterocycles. The number of rotatable bonds is 2. The molecule has 4 heteroatoms. The Hall–Kier alpha value is -1.42. The number of carbonyl (C=O) groups is 1. The van der Waals surface area contributed by atoms with Crippen molar-refractivity contribution in [3.63, 3.8) is 0 Å². The van der Waals surface area contributed by atoms with Gasteiger partial charge in [-0.3, -0.25) is 10.2 Å². The van der Waals surface area contributed by atoms with Gasteiger partial charge in [-0.2, -0.15) is 0 Å². The van der Waals surface area contributed by atoms with Gasteiger partial charge in [0.05, 0.1) is 5.56 Å². The Morgan fingerprint density at radius 3 is 2.64 bits per heavy atom. The van der Waals surface area contributed by atoms with Gasteiger partial charge in [0.2, 0.25) is 0 Å². The SMILES string of the molecule is Cc1cccc(C(=O)NN(C)C)c1F. The molecule has 0 atom stereocenters. The minimum absolute atomic E-state index is 0.0682. The topological polar surface area (TPSA) is 32.3 Å². The molecule has 0 aromatic heterocycles. The molecule has 0 bridgehead atoms. The summed E-state index contributed by atoms with van der Waals surface area (Å²) in [7, 11) is 3.34. The van der Waals surface area contributed by atoms with E-state index in [-0.39, 0.29) is 5.56 Å². The third-order valence-corrected chi connectivity index (χ3v) is 1.76. The van der Waals surface area contributed by atoms with Crippen LogP contribution in [0.3, 0.4) is 0 Å². The molecule has 0 radical (unpaired) electrons. The Morgan fingerprint density at radius 1 is 1.43 bits per heavy atom. The lowest BCUT2D eigenvalue weighted by Crippen LogP contribution is -2.36. The Kier molecular flexibility index (Phi) is 3.19. The number of amides is 1. The predicted molar refractivity (Wildman–Crippen MR) is 52.3 cm³/mol. The van der Waals surface area contributed by atoms with E-state index in [2.05, 4.69) is 5.43 Å². The minimum Gasteiger partial charge on any atom is -0.285 e. The molecule has 14 heavy (non-hydrogen) atoms. The predicted octanol–water partition coefficient (Wildman–Crippen LogP) is 1.34. The zero-order valence-electron chi connectivity index (χ0n) is 8.47. The van der Waals surface area contributed by atoms with Crippen molar-refractivity contribution >= 4 is 5.91 Å². The van der Waals surface area contributed by atoms with Crippen molar-refractivity contribution in [3.8, 4) is 0 Å². The summed E-state index contributed by atoms with van der Waals surface area (Å²) < 4.78 is 13.4. The maximum Gasteiger partial charge on any atom is 0.268 e. The van der Waals surface area contributed by atoms with Crippen molar-refractivity contribution in [2.24, 2.45) is 0 Å².